The Labute approximate surface area is 216 Å². The third-order valence-electron chi connectivity index (χ3n) is 6.52. The van der Waals surface area contributed by atoms with Gasteiger partial charge in [0.25, 0.3) is 0 Å². The topological polar surface area (TPSA) is 106 Å². The summed E-state index contributed by atoms with van der Waals surface area (Å²) < 4.78 is 16.1. The minimum atomic E-state index is -1.06. The summed E-state index contributed by atoms with van der Waals surface area (Å²) in [6.07, 6.45) is 0.449. The van der Waals surface area contributed by atoms with Crippen LogP contribution in [0.1, 0.15) is 49.0 Å². The third-order valence-corrected chi connectivity index (χ3v) is 6.52. The van der Waals surface area contributed by atoms with Crippen LogP contribution in [-0.2, 0) is 9.53 Å². The molecule has 1 aliphatic carbocycles. The van der Waals surface area contributed by atoms with Gasteiger partial charge in [0, 0.05) is 43.3 Å². The monoisotopic (exact) mass is 510 g/mol. The SMILES string of the molecule is COc1cc(C2CC2C(=O)c2cccc(N3CCN(C(=O)OC(C)(C)C)CC3)c2)ccc1OCC(=O)O. The number of carbonyl (C=O) groups is 3. The number of ether oxygens (including phenoxy) is 3. The van der Waals surface area contributed by atoms with Crippen LogP contribution >= 0.6 is 0 Å². The first-order valence-corrected chi connectivity index (χ1v) is 12.5. The molecule has 0 bridgehead atoms. The lowest BCUT2D eigenvalue weighted by Gasteiger charge is -2.36. The van der Waals surface area contributed by atoms with Gasteiger partial charge in [-0.3, -0.25) is 4.79 Å². The number of rotatable bonds is 8. The quantitative estimate of drug-likeness (QED) is 0.527. The summed E-state index contributed by atoms with van der Waals surface area (Å²) in [7, 11) is 1.50. The summed E-state index contributed by atoms with van der Waals surface area (Å²) in [5.41, 5.74) is 2.08. The van der Waals surface area contributed by atoms with Gasteiger partial charge in [-0.25, -0.2) is 9.59 Å². The summed E-state index contributed by atoms with van der Waals surface area (Å²) in [6.45, 7) is 7.58. The van der Waals surface area contributed by atoms with Crippen molar-refractivity contribution in [1.82, 2.24) is 4.90 Å². The van der Waals surface area contributed by atoms with Gasteiger partial charge < -0.3 is 29.1 Å². The van der Waals surface area contributed by atoms with Crippen molar-refractivity contribution >= 4 is 23.5 Å². The molecule has 2 aliphatic rings. The number of methoxy groups -OCH3 is 1. The predicted octanol–water partition coefficient (Wildman–Crippen LogP) is 4.20. The Morgan fingerprint density at radius 3 is 2.38 bits per heavy atom. The molecule has 2 unspecified atom stereocenters. The molecule has 1 amide bonds. The van der Waals surface area contributed by atoms with Gasteiger partial charge in [-0.2, -0.15) is 0 Å². The standard InChI is InChI=1S/C28H34N2O7/c1-28(2,3)37-27(34)30-12-10-29(11-13-30)20-7-5-6-19(14-20)26(33)22-16-21(22)18-8-9-23(24(15-18)35-4)36-17-25(31)32/h5-9,14-15,21-22H,10-13,16-17H2,1-4H3,(H,31,32). The molecule has 0 aromatic heterocycles. The van der Waals surface area contributed by atoms with Crippen LogP contribution in [0.15, 0.2) is 42.5 Å². The highest BCUT2D eigenvalue weighted by Crippen LogP contribution is 2.50. The molecule has 198 valence electrons. The number of hydrogen-bond acceptors (Lipinski definition) is 7. The third kappa shape index (κ3) is 6.53. The fourth-order valence-electron chi connectivity index (χ4n) is 4.57. The molecule has 2 atom stereocenters. The fourth-order valence-corrected chi connectivity index (χ4v) is 4.57. The molecule has 4 rings (SSSR count). The molecule has 9 nitrogen and oxygen atoms in total. The molecule has 1 N–H and O–H groups in total. The number of Topliss-reactive ketones (excluding diaryl/α,β-unsaturated/α-hetero) is 1. The second-order valence-electron chi connectivity index (χ2n) is 10.4. The smallest absolute Gasteiger partial charge is 0.410 e. The molecule has 0 radical (unpaired) electrons. The van der Waals surface area contributed by atoms with Crippen molar-refractivity contribution < 1.29 is 33.7 Å². The zero-order valence-electron chi connectivity index (χ0n) is 21.7. The highest BCUT2D eigenvalue weighted by atomic mass is 16.6. The normalized spacial score (nSPS) is 19.2. The molecule has 9 heteroatoms. The number of amides is 1. The van der Waals surface area contributed by atoms with E-state index < -0.39 is 18.2 Å². The zero-order valence-corrected chi connectivity index (χ0v) is 21.7. The van der Waals surface area contributed by atoms with E-state index in [4.69, 9.17) is 19.3 Å². The van der Waals surface area contributed by atoms with Gasteiger partial charge in [0.2, 0.25) is 0 Å². The van der Waals surface area contributed by atoms with Crippen LogP contribution < -0.4 is 14.4 Å². The molecule has 2 aromatic carbocycles. The number of aliphatic carboxylic acids is 1. The predicted molar refractivity (Wildman–Crippen MR) is 138 cm³/mol. The molecular formula is C28H34N2O7. The summed E-state index contributed by atoms with van der Waals surface area (Å²) >= 11 is 0. The number of hydrogen-bond donors (Lipinski definition) is 1. The van der Waals surface area contributed by atoms with E-state index in [0.29, 0.717) is 43.2 Å². The fraction of sp³-hybridized carbons (Fsp3) is 0.464. The Morgan fingerprint density at radius 1 is 1.00 bits per heavy atom. The van der Waals surface area contributed by atoms with E-state index in [1.165, 1.54) is 7.11 Å². The lowest BCUT2D eigenvalue weighted by atomic mass is 10.0. The highest BCUT2D eigenvalue weighted by molar-refractivity contribution is 6.01. The van der Waals surface area contributed by atoms with Crippen LogP contribution in [0.2, 0.25) is 0 Å². The Kier molecular flexibility index (Phi) is 7.61. The van der Waals surface area contributed by atoms with Crippen molar-refractivity contribution in [3.05, 3.63) is 53.6 Å². The Balaban J connectivity index is 1.37. The number of ketones is 1. The number of carbonyl (C=O) groups excluding carboxylic acids is 2. The second kappa shape index (κ2) is 10.7. The van der Waals surface area contributed by atoms with E-state index in [2.05, 4.69) is 4.90 Å². The summed E-state index contributed by atoms with van der Waals surface area (Å²) in [5, 5.41) is 8.84. The molecule has 2 fully saturated rings. The van der Waals surface area contributed by atoms with E-state index >= 15 is 0 Å². The first-order chi connectivity index (χ1) is 17.6. The minimum Gasteiger partial charge on any atom is -0.493 e. The van der Waals surface area contributed by atoms with Gasteiger partial charge >= 0.3 is 12.1 Å². The van der Waals surface area contributed by atoms with Crippen molar-refractivity contribution in [2.45, 2.75) is 38.7 Å². The molecule has 2 aromatic rings. The first-order valence-electron chi connectivity index (χ1n) is 12.5. The average molecular weight is 511 g/mol. The molecule has 1 saturated heterocycles. The van der Waals surface area contributed by atoms with Crippen LogP contribution in [0.3, 0.4) is 0 Å². The Morgan fingerprint density at radius 2 is 1.73 bits per heavy atom. The number of benzene rings is 2. The van der Waals surface area contributed by atoms with Crippen LogP contribution in [0.4, 0.5) is 10.5 Å². The van der Waals surface area contributed by atoms with Crippen molar-refractivity contribution in [3.63, 3.8) is 0 Å². The van der Waals surface area contributed by atoms with Crippen LogP contribution in [0.5, 0.6) is 11.5 Å². The largest absolute Gasteiger partial charge is 0.493 e. The van der Waals surface area contributed by atoms with Crippen LogP contribution in [-0.4, -0.2) is 73.3 Å². The first kappa shape index (κ1) is 26.3. The van der Waals surface area contributed by atoms with Gasteiger partial charge in [-0.1, -0.05) is 18.2 Å². The van der Waals surface area contributed by atoms with Crippen molar-refractivity contribution in [2.75, 3.05) is 44.8 Å². The van der Waals surface area contributed by atoms with Crippen molar-refractivity contribution in [3.8, 4) is 11.5 Å². The molecule has 1 heterocycles. The summed E-state index contributed by atoms with van der Waals surface area (Å²) in [6, 6.07) is 13.0. The lowest BCUT2D eigenvalue weighted by Crippen LogP contribution is -2.50. The molecule has 0 spiro atoms. The maximum absolute atomic E-state index is 13.3. The number of carboxylic acids is 1. The van der Waals surface area contributed by atoms with Crippen LogP contribution in [0, 0.1) is 5.92 Å². The Bertz CT molecular complexity index is 1170. The Hall–Kier alpha value is -3.75. The average Bonchev–Trinajstić information content (AvgIpc) is 3.67. The minimum absolute atomic E-state index is 0.0796. The number of carboxylic acid groups (broad SMARTS) is 1. The molecule has 1 aliphatic heterocycles. The van der Waals surface area contributed by atoms with E-state index in [-0.39, 0.29) is 23.7 Å². The maximum Gasteiger partial charge on any atom is 0.410 e. The maximum atomic E-state index is 13.3. The van der Waals surface area contributed by atoms with Gasteiger partial charge in [0.15, 0.2) is 23.9 Å². The van der Waals surface area contributed by atoms with Gasteiger partial charge in [-0.15, -0.1) is 0 Å². The summed E-state index contributed by atoms with van der Waals surface area (Å²) in [5.74, 6) is -0.192. The molecule has 1 saturated carbocycles. The zero-order chi connectivity index (χ0) is 26.7. The lowest BCUT2D eigenvalue weighted by molar-refractivity contribution is -0.139. The number of anilines is 1. The number of piperazine rings is 1. The van der Waals surface area contributed by atoms with Crippen LogP contribution in [0.25, 0.3) is 0 Å². The van der Waals surface area contributed by atoms with Gasteiger partial charge in [0.05, 0.1) is 7.11 Å². The van der Waals surface area contributed by atoms with E-state index in [0.717, 1.165) is 17.7 Å². The second-order valence-corrected chi connectivity index (χ2v) is 10.4. The van der Waals surface area contributed by atoms with Crippen molar-refractivity contribution in [2.24, 2.45) is 5.92 Å². The highest BCUT2D eigenvalue weighted by Gasteiger charge is 2.44. The molecular weight excluding hydrogens is 476 g/mol. The van der Waals surface area contributed by atoms with E-state index in [9.17, 15) is 14.4 Å². The van der Waals surface area contributed by atoms with Gasteiger partial charge in [0.1, 0.15) is 5.60 Å². The summed E-state index contributed by atoms with van der Waals surface area (Å²) in [4.78, 5) is 40.3. The van der Waals surface area contributed by atoms with Crippen molar-refractivity contribution in [1.29, 1.82) is 0 Å². The number of nitrogens with zero attached hydrogens (tertiary/aromatic N) is 2. The van der Waals surface area contributed by atoms with E-state index in [1.807, 2.05) is 57.2 Å². The van der Waals surface area contributed by atoms with Gasteiger partial charge in [-0.05, 0) is 62.9 Å². The van der Waals surface area contributed by atoms with E-state index in [1.54, 1.807) is 11.0 Å². The molecule has 37 heavy (non-hydrogen) atoms.